The van der Waals surface area contributed by atoms with Crippen LogP contribution in [0.4, 0.5) is 4.39 Å². The summed E-state index contributed by atoms with van der Waals surface area (Å²) in [7, 11) is 1.83. The Labute approximate surface area is 101 Å². The van der Waals surface area contributed by atoms with E-state index in [0.29, 0.717) is 6.54 Å². The van der Waals surface area contributed by atoms with Crippen LogP contribution in [0.15, 0.2) is 30.6 Å². The molecule has 5 heteroatoms. The molecule has 0 saturated heterocycles. The molecular formula is C12H19FN4. The van der Waals surface area contributed by atoms with Gasteiger partial charge in [0.25, 0.3) is 0 Å². The monoisotopic (exact) mass is 238 g/mol. The van der Waals surface area contributed by atoms with Crippen LogP contribution in [-0.2, 0) is 0 Å². The van der Waals surface area contributed by atoms with E-state index in [1.807, 2.05) is 26.2 Å². The predicted octanol–water partition coefficient (Wildman–Crippen LogP) is 0.932. The SMILES string of the molecule is CNC(/C=C\NC[C@H](C)N)c1ccc(F)cn1. The van der Waals surface area contributed by atoms with Crippen LogP contribution < -0.4 is 16.4 Å². The smallest absolute Gasteiger partial charge is 0.141 e. The van der Waals surface area contributed by atoms with Gasteiger partial charge in [0, 0.05) is 12.6 Å². The molecule has 0 fully saturated rings. The largest absolute Gasteiger partial charge is 0.390 e. The topological polar surface area (TPSA) is 63.0 Å². The molecule has 1 heterocycles. The summed E-state index contributed by atoms with van der Waals surface area (Å²) in [6, 6.07) is 3.12. The maximum absolute atomic E-state index is 12.7. The van der Waals surface area contributed by atoms with Crippen LogP contribution in [0.3, 0.4) is 0 Å². The van der Waals surface area contributed by atoms with Gasteiger partial charge in [-0.15, -0.1) is 0 Å². The maximum Gasteiger partial charge on any atom is 0.141 e. The Morgan fingerprint density at radius 1 is 1.53 bits per heavy atom. The minimum absolute atomic E-state index is 0.0452. The van der Waals surface area contributed by atoms with Crippen LogP contribution in [0, 0.1) is 5.82 Å². The van der Waals surface area contributed by atoms with Crippen LogP contribution in [0.1, 0.15) is 18.7 Å². The first kappa shape index (κ1) is 13.6. The predicted molar refractivity (Wildman–Crippen MR) is 66.8 cm³/mol. The number of rotatable bonds is 6. The third-order valence-electron chi connectivity index (χ3n) is 2.23. The van der Waals surface area contributed by atoms with E-state index < -0.39 is 0 Å². The summed E-state index contributed by atoms with van der Waals surface area (Å²) < 4.78 is 12.7. The fraction of sp³-hybridized carbons (Fsp3) is 0.417. The van der Waals surface area contributed by atoms with Crippen LogP contribution in [0.25, 0.3) is 0 Å². The number of nitrogens with two attached hydrogens (primary N) is 1. The summed E-state index contributed by atoms with van der Waals surface area (Å²) in [5.74, 6) is -0.331. The van der Waals surface area contributed by atoms with Crippen molar-refractivity contribution in [2.24, 2.45) is 5.73 Å². The van der Waals surface area contributed by atoms with E-state index in [0.717, 1.165) is 5.69 Å². The minimum atomic E-state index is -0.331. The Bertz CT molecular complexity index is 348. The molecular weight excluding hydrogens is 219 g/mol. The quantitative estimate of drug-likeness (QED) is 0.690. The number of nitrogens with zero attached hydrogens (tertiary/aromatic N) is 1. The zero-order chi connectivity index (χ0) is 12.7. The van der Waals surface area contributed by atoms with Gasteiger partial charge in [-0.1, -0.05) is 0 Å². The number of hydrogen-bond donors (Lipinski definition) is 3. The van der Waals surface area contributed by atoms with Crippen molar-refractivity contribution in [3.05, 3.63) is 42.1 Å². The van der Waals surface area contributed by atoms with E-state index >= 15 is 0 Å². The number of hydrogen-bond acceptors (Lipinski definition) is 4. The van der Waals surface area contributed by atoms with E-state index in [-0.39, 0.29) is 17.9 Å². The van der Waals surface area contributed by atoms with Gasteiger partial charge in [-0.2, -0.15) is 0 Å². The van der Waals surface area contributed by atoms with Crippen molar-refractivity contribution in [1.82, 2.24) is 15.6 Å². The van der Waals surface area contributed by atoms with Gasteiger partial charge in [0.05, 0.1) is 17.9 Å². The number of aromatic nitrogens is 1. The summed E-state index contributed by atoms with van der Waals surface area (Å²) in [4.78, 5) is 4.02. The van der Waals surface area contributed by atoms with E-state index in [9.17, 15) is 4.39 Å². The Morgan fingerprint density at radius 3 is 2.82 bits per heavy atom. The average molecular weight is 238 g/mol. The molecule has 0 spiro atoms. The summed E-state index contributed by atoms with van der Waals surface area (Å²) in [6.07, 6.45) is 4.96. The number of likely N-dealkylation sites (N-methyl/N-ethyl adjacent to an activating group) is 1. The van der Waals surface area contributed by atoms with Gasteiger partial charge in [0.15, 0.2) is 0 Å². The zero-order valence-corrected chi connectivity index (χ0v) is 10.2. The Balaban J connectivity index is 2.56. The third-order valence-corrected chi connectivity index (χ3v) is 2.23. The molecule has 17 heavy (non-hydrogen) atoms. The molecule has 1 aromatic heterocycles. The lowest BCUT2D eigenvalue weighted by atomic mass is 10.2. The summed E-state index contributed by atoms with van der Waals surface area (Å²) in [6.45, 7) is 2.64. The lowest BCUT2D eigenvalue weighted by Gasteiger charge is -2.11. The molecule has 4 nitrogen and oxygen atoms in total. The highest BCUT2D eigenvalue weighted by atomic mass is 19.1. The van der Waals surface area contributed by atoms with Gasteiger partial charge in [-0.05, 0) is 38.4 Å². The van der Waals surface area contributed by atoms with Crippen molar-refractivity contribution >= 4 is 0 Å². The average Bonchev–Trinajstić information content (AvgIpc) is 2.30. The molecule has 0 radical (unpaired) electrons. The number of nitrogens with one attached hydrogen (secondary N) is 2. The molecule has 1 unspecified atom stereocenters. The molecule has 0 aliphatic heterocycles. The summed E-state index contributed by atoms with van der Waals surface area (Å²) in [5.41, 5.74) is 6.37. The molecule has 0 saturated carbocycles. The Kier molecular flexibility index (Phi) is 5.59. The highest BCUT2D eigenvalue weighted by Crippen LogP contribution is 2.10. The van der Waals surface area contributed by atoms with Gasteiger partial charge in [-0.25, -0.2) is 4.39 Å². The number of pyridine rings is 1. The molecule has 0 aliphatic carbocycles. The zero-order valence-electron chi connectivity index (χ0n) is 10.2. The second kappa shape index (κ2) is 6.98. The highest BCUT2D eigenvalue weighted by molar-refractivity contribution is 5.15. The van der Waals surface area contributed by atoms with Crippen molar-refractivity contribution < 1.29 is 4.39 Å². The van der Waals surface area contributed by atoms with Crippen LogP contribution >= 0.6 is 0 Å². The Morgan fingerprint density at radius 2 is 2.29 bits per heavy atom. The fourth-order valence-corrected chi connectivity index (χ4v) is 1.33. The van der Waals surface area contributed by atoms with Gasteiger partial charge < -0.3 is 16.4 Å². The molecule has 1 rings (SSSR count). The minimum Gasteiger partial charge on any atom is -0.390 e. The van der Waals surface area contributed by atoms with Crippen molar-refractivity contribution in [1.29, 1.82) is 0 Å². The van der Waals surface area contributed by atoms with E-state index in [2.05, 4.69) is 15.6 Å². The van der Waals surface area contributed by atoms with Crippen molar-refractivity contribution in [2.75, 3.05) is 13.6 Å². The highest BCUT2D eigenvalue weighted by Gasteiger charge is 2.06. The normalized spacial score (nSPS) is 14.8. The molecule has 0 aliphatic rings. The maximum atomic E-state index is 12.7. The lowest BCUT2D eigenvalue weighted by Crippen LogP contribution is -2.28. The first-order valence-electron chi connectivity index (χ1n) is 5.58. The van der Waals surface area contributed by atoms with Crippen molar-refractivity contribution in [3.63, 3.8) is 0 Å². The molecule has 0 bridgehead atoms. The van der Waals surface area contributed by atoms with Gasteiger partial charge in [-0.3, -0.25) is 4.98 Å². The molecule has 4 N–H and O–H groups in total. The first-order chi connectivity index (χ1) is 8.13. The van der Waals surface area contributed by atoms with E-state index in [1.54, 1.807) is 6.07 Å². The second-order valence-electron chi connectivity index (χ2n) is 3.91. The summed E-state index contributed by atoms with van der Waals surface area (Å²) >= 11 is 0. The third kappa shape index (κ3) is 4.93. The molecule has 94 valence electrons. The fourth-order valence-electron chi connectivity index (χ4n) is 1.33. The second-order valence-corrected chi connectivity index (χ2v) is 3.91. The molecule has 1 aromatic rings. The lowest BCUT2D eigenvalue weighted by molar-refractivity contribution is 0.611. The Hall–Kier alpha value is -1.46. The van der Waals surface area contributed by atoms with Crippen LogP contribution in [0.5, 0.6) is 0 Å². The molecule has 2 atom stereocenters. The van der Waals surface area contributed by atoms with Gasteiger partial charge in [0.1, 0.15) is 5.82 Å². The van der Waals surface area contributed by atoms with Crippen LogP contribution in [-0.4, -0.2) is 24.6 Å². The standard InChI is InChI=1S/C12H19FN4/c1-9(14)7-16-6-5-11(15-2)12-4-3-10(13)8-17-12/h3-6,8-9,11,15-16H,7,14H2,1-2H3/b6-5-/t9-,11?/m0/s1. The van der Waals surface area contributed by atoms with Gasteiger partial charge in [0.2, 0.25) is 0 Å². The summed E-state index contributed by atoms with van der Waals surface area (Å²) in [5, 5.41) is 6.17. The van der Waals surface area contributed by atoms with E-state index in [1.165, 1.54) is 12.3 Å². The molecule has 0 amide bonds. The van der Waals surface area contributed by atoms with Gasteiger partial charge >= 0.3 is 0 Å². The molecule has 0 aromatic carbocycles. The van der Waals surface area contributed by atoms with E-state index in [4.69, 9.17) is 5.73 Å². The first-order valence-corrected chi connectivity index (χ1v) is 5.58. The van der Waals surface area contributed by atoms with Crippen molar-refractivity contribution in [2.45, 2.75) is 19.0 Å². The van der Waals surface area contributed by atoms with Crippen molar-refractivity contribution in [3.8, 4) is 0 Å². The van der Waals surface area contributed by atoms with Crippen LogP contribution in [0.2, 0.25) is 0 Å². The number of halogens is 1.